The molecule has 0 aliphatic carbocycles. The van der Waals surface area contributed by atoms with Crippen molar-refractivity contribution in [1.29, 1.82) is 0 Å². The van der Waals surface area contributed by atoms with Gasteiger partial charge >= 0.3 is 0 Å². The van der Waals surface area contributed by atoms with E-state index in [4.69, 9.17) is 0 Å². The molecule has 0 unspecified atom stereocenters. The Kier molecular flexibility index (Phi) is 7.64. The number of hydrogen-bond acceptors (Lipinski definition) is 5. The molecule has 1 amide bonds. The standard InChI is InChI=1S/C28H25N3O5S/c1-21-12-14-23(15-13-21)28(22-8-4-2-5-9-22)29-27(32)20-30(24-16-18-25(19-17-24)31(33)34)37(35,36)26-10-6-3-7-11-26/h2-19,28H,20H2,1H3,(H,29,32)/t28-/m0/s1. The number of nitrogens with one attached hydrogen (secondary N) is 1. The Bertz CT molecular complexity index is 1470. The molecule has 0 fully saturated rings. The molecule has 0 saturated carbocycles. The molecule has 9 heteroatoms. The molecule has 0 radical (unpaired) electrons. The molecule has 0 heterocycles. The van der Waals surface area contributed by atoms with E-state index in [1.807, 2.05) is 61.5 Å². The first-order valence-corrected chi connectivity index (χ1v) is 12.9. The highest BCUT2D eigenvalue weighted by molar-refractivity contribution is 7.92. The van der Waals surface area contributed by atoms with Gasteiger partial charge in [0.2, 0.25) is 5.91 Å². The van der Waals surface area contributed by atoms with Gasteiger partial charge in [0.15, 0.2) is 0 Å². The first-order valence-electron chi connectivity index (χ1n) is 11.5. The van der Waals surface area contributed by atoms with Gasteiger partial charge in [-0.15, -0.1) is 0 Å². The zero-order valence-corrected chi connectivity index (χ0v) is 20.8. The van der Waals surface area contributed by atoms with Crippen LogP contribution in [-0.4, -0.2) is 25.8 Å². The molecule has 4 rings (SSSR count). The molecule has 37 heavy (non-hydrogen) atoms. The fraction of sp³-hybridized carbons (Fsp3) is 0.107. The van der Waals surface area contributed by atoms with Crippen LogP contribution in [0.25, 0.3) is 0 Å². The smallest absolute Gasteiger partial charge is 0.269 e. The van der Waals surface area contributed by atoms with Gasteiger partial charge in [-0.25, -0.2) is 8.42 Å². The van der Waals surface area contributed by atoms with Crippen molar-refractivity contribution in [2.75, 3.05) is 10.8 Å². The van der Waals surface area contributed by atoms with Crippen LogP contribution in [0.3, 0.4) is 0 Å². The summed E-state index contributed by atoms with van der Waals surface area (Å²) >= 11 is 0. The third-order valence-electron chi connectivity index (χ3n) is 5.82. The second-order valence-corrected chi connectivity index (χ2v) is 10.3. The lowest BCUT2D eigenvalue weighted by Gasteiger charge is -2.26. The summed E-state index contributed by atoms with van der Waals surface area (Å²) in [6.45, 7) is 1.45. The van der Waals surface area contributed by atoms with Crippen molar-refractivity contribution in [1.82, 2.24) is 5.32 Å². The molecule has 0 aliphatic heterocycles. The van der Waals surface area contributed by atoms with Crippen LogP contribution < -0.4 is 9.62 Å². The largest absolute Gasteiger partial charge is 0.344 e. The van der Waals surface area contributed by atoms with Gasteiger partial charge in [0.25, 0.3) is 15.7 Å². The van der Waals surface area contributed by atoms with Crippen LogP contribution in [0.15, 0.2) is 114 Å². The summed E-state index contributed by atoms with van der Waals surface area (Å²) in [6.07, 6.45) is 0. The Morgan fingerprint density at radius 3 is 1.95 bits per heavy atom. The highest BCUT2D eigenvalue weighted by Crippen LogP contribution is 2.27. The summed E-state index contributed by atoms with van der Waals surface area (Å²) in [5, 5.41) is 14.1. The van der Waals surface area contributed by atoms with E-state index in [9.17, 15) is 23.3 Å². The fourth-order valence-corrected chi connectivity index (χ4v) is 5.32. The van der Waals surface area contributed by atoms with Crippen molar-refractivity contribution in [3.8, 4) is 0 Å². The highest BCUT2D eigenvalue weighted by Gasteiger charge is 2.28. The van der Waals surface area contributed by atoms with Crippen molar-refractivity contribution in [3.63, 3.8) is 0 Å². The van der Waals surface area contributed by atoms with Gasteiger partial charge in [-0.05, 0) is 42.3 Å². The monoisotopic (exact) mass is 515 g/mol. The first kappa shape index (κ1) is 25.6. The van der Waals surface area contributed by atoms with Crippen LogP contribution in [0.2, 0.25) is 0 Å². The van der Waals surface area contributed by atoms with E-state index < -0.39 is 33.4 Å². The van der Waals surface area contributed by atoms with Crippen molar-refractivity contribution >= 4 is 27.3 Å². The van der Waals surface area contributed by atoms with Gasteiger partial charge in [-0.1, -0.05) is 78.4 Å². The number of anilines is 1. The molecule has 0 bridgehead atoms. The third-order valence-corrected chi connectivity index (χ3v) is 7.60. The number of hydrogen-bond donors (Lipinski definition) is 1. The Morgan fingerprint density at radius 1 is 0.838 bits per heavy atom. The Morgan fingerprint density at radius 2 is 1.38 bits per heavy atom. The van der Waals surface area contributed by atoms with Gasteiger partial charge in [0, 0.05) is 12.1 Å². The molecule has 1 N–H and O–H groups in total. The van der Waals surface area contributed by atoms with E-state index in [1.165, 1.54) is 36.4 Å². The molecule has 188 valence electrons. The number of carbonyl (C=O) groups is 1. The first-order chi connectivity index (χ1) is 17.8. The number of benzene rings is 4. The minimum absolute atomic E-state index is 0.000651. The van der Waals surface area contributed by atoms with Gasteiger partial charge in [-0.3, -0.25) is 19.2 Å². The van der Waals surface area contributed by atoms with Gasteiger partial charge in [0.1, 0.15) is 6.54 Å². The number of carbonyl (C=O) groups excluding carboxylic acids is 1. The number of amides is 1. The highest BCUT2D eigenvalue weighted by atomic mass is 32.2. The normalized spacial score (nSPS) is 11.9. The van der Waals surface area contributed by atoms with Crippen LogP contribution in [-0.2, 0) is 14.8 Å². The quantitative estimate of drug-likeness (QED) is 0.249. The molecule has 8 nitrogen and oxygen atoms in total. The van der Waals surface area contributed by atoms with E-state index in [0.29, 0.717) is 0 Å². The van der Waals surface area contributed by atoms with Crippen LogP contribution >= 0.6 is 0 Å². The number of nitro benzene ring substituents is 1. The van der Waals surface area contributed by atoms with Crippen molar-refractivity contribution < 1.29 is 18.1 Å². The minimum Gasteiger partial charge on any atom is -0.344 e. The molecule has 1 atom stereocenters. The van der Waals surface area contributed by atoms with Crippen LogP contribution in [0.4, 0.5) is 11.4 Å². The number of non-ortho nitro benzene ring substituents is 1. The van der Waals surface area contributed by atoms with E-state index >= 15 is 0 Å². The maximum Gasteiger partial charge on any atom is 0.269 e. The Hall–Kier alpha value is -4.50. The fourth-order valence-electron chi connectivity index (χ4n) is 3.88. The number of nitro groups is 1. The van der Waals surface area contributed by atoms with Gasteiger partial charge in [0.05, 0.1) is 21.5 Å². The number of nitrogens with zero attached hydrogens (tertiary/aromatic N) is 2. The molecule has 0 aliphatic rings. The van der Waals surface area contributed by atoms with Crippen molar-refractivity contribution in [2.45, 2.75) is 17.9 Å². The summed E-state index contributed by atoms with van der Waals surface area (Å²) in [7, 11) is -4.15. The molecular weight excluding hydrogens is 490 g/mol. The minimum atomic E-state index is -4.15. The van der Waals surface area contributed by atoms with Crippen LogP contribution in [0.5, 0.6) is 0 Å². The number of rotatable bonds is 9. The van der Waals surface area contributed by atoms with Crippen LogP contribution in [0, 0.1) is 17.0 Å². The summed E-state index contributed by atoms with van der Waals surface area (Å²) in [6, 6.07) is 29.4. The third kappa shape index (κ3) is 6.02. The summed E-state index contributed by atoms with van der Waals surface area (Å²) in [5.74, 6) is -0.535. The Labute approximate surface area is 215 Å². The molecule has 0 saturated heterocycles. The van der Waals surface area contributed by atoms with E-state index in [2.05, 4.69) is 5.32 Å². The average molecular weight is 516 g/mol. The molecular formula is C28H25N3O5S. The lowest BCUT2D eigenvalue weighted by atomic mass is 9.98. The van der Waals surface area contributed by atoms with E-state index in [1.54, 1.807) is 18.2 Å². The average Bonchev–Trinajstić information content (AvgIpc) is 2.92. The van der Waals surface area contributed by atoms with Gasteiger partial charge in [-0.2, -0.15) is 0 Å². The topological polar surface area (TPSA) is 110 Å². The van der Waals surface area contributed by atoms with Crippen LogP contribution in [0.1, 0.15) is 22.7 Å². The second-order valence-electron chi connectivity index (χ2n) is 8.42. The van der Waals surface area contributed by atoms with Gasteiger partial charge < -0.3 is 5.32 Å². The molecule has 4 aromatic carbocycles. The lowest BCUT2D eigenvalue weighted by Crippen LogP contribution is -2.42. The summed E-state index contributed by atoms with van der Waals surface area (Å²) in [5.41, 5.74) is 2.70. The lowest BCUT2D eigenvalue weighted by molar-refractivity contribution is -0.384. The maximum absolute atomic E-state index is 13.6. The zero-order valence-electron chi connectivity index (χ0n) is 20.0. The predicted octanol–water partition coefficient (Wildman–Crippen LogP) is 5.00. The summed E-state index contributed by atoms with van der Waals surface area (Å²) < 4.78 is 28.1. The summed E-state index contributed by atoms with van der Waals surface area (Å²) in [4.78, 5) is 23.9. The number of aryl methyl sites for hydroxylation is 1. The van der Waals surface area contributed by atoms with E-state index in [-0.39, 0.29) is 16.3 Å². The zero-order chi connectivity index (χ0) is 26.4. The SMILES string of the molecule is Cc1ccc([C@@H](NC(=O)CN(c2ccc([N+](=O)[O-])cc2)S(=O)(=O)c2ccccc2)c2ccccc2)cc1. The maximum atomic E-state index is 13.6. The number of sulfonamides is 1. The predicted molar refractivity (Wildman–Crippen MR) is 142 cm³/mol. The second kappa shape index (κ2) is 11.0. The molecule has 0 aromatic heterocycles. The Balaban J connectivity index is 1.68. The molecule has 4 aromatic rings. The van der Waals surface area contributed by atoms with E-state index in [0.717, 1.165) is 21.0 Å². The van der Waals surface area contributed by atoms with Crippen molar-refractivity contribution in [3.05, 3.63) is 136 Å². The van der Waals surface area contributed by atoms with Crippen molar-refractivity contribution in [2.24, 2.45) is 0 Å². The molecule has 0 spiro atoms.